The number of nitrogens with one attached hydrogen (secondary N) is 2. The van der Waals surface area contributed by atoms with E-state index in [1.165, 1.54) is 50.7 Å². The van der Waals surface area contributed by atoms with Gasteiger partial charge in [-0.05, 0) is 62.9 Å². The second-order valence-electron chi connectivity index (χ2n) is 8.83. The summed E-state index contributed by atoms with van der Waals surface area (Å²) < 4.78 is 13.1. The SMILES string of the molecule is NC(=O)C(CNC(=O)NCC1(N2CCCCC2)CCCCC1)Cc1ccc(F)cc1. The molecule has 1 saturated carbocycles. The van der Waals surface area contributed by atoms with Crippen molar-refractivity contribution in [1.82, 2.24) is 15.5 Å². The molecule has 0 spiro atoms. The van der Waals surface area contributed by atoms with Crippen LogP contribution in [0.25, 0.3) is 0 Å². The number of urea groups is 1. The van der Waals surface area contributed by atoms with Gasteiger partial charge in [-0.3, -0.25) is 9.69 Å². The van der Waals surface area contributed by atoms with E-state index in [1.54, 1.807) is 12.1 Å². The van der Waals surface area contributed by atoms with Crippen LogP contribution in [0.5, 0.6) is 0 Å². The highest BCUT2D eigenvalue weighted by Gasteiger charge is 2.38. The molecular formula is C23H35FN4O2. The minimum Gasteiger partial charge on any atom is -0.369 e. The lowest BCUT2D eigenvalue weighted by Crippen LogP contribution is -2.59. The summed E-state index contributed by atoms with van der Waals surface area (Å²) in [4.78, 5) is 26.9. The summed E-state index contributed by atoms with van der Waals surface area (Å²) in [7, 11) is 0. The molecule has 30 heavy (non-hydrogen) atoms. The third-order valence-corrected chi connectivity index (χ3v) is 6.70. The van der Waals surface area contributed by atoms with Gasteiger partial charge in [-0.15, -0.1) is 0 Å². The van der Waals surface area contributed by atoms with E-state index in [2.05, 4.69) is 15.5 Å². The number of piperidine rings is 1. The Balaban J connectivity index is 1.51. The lowest BCUT2D eigenvalue weighted by molar-refractivity contribution is -0.121. The van der Waals surface area contributed by atoms with E-state index in [0.29, 0.717) is 13.0 Å². The molecule has 0 bridgehead atoms. The molecule has 1 heterocycles. The van der Waals surface area contributed by atoms with Gasteiger partial charge in [-0.25, -0.2) is 9.18 Å². The van der Waals surface area contributed by atoms with Gasteiger partial charge in [0.05, 0.1) is 5.92 Å². The number of nitrogens with zero attached hydrogens (tertiary/aromatic N) is 1. The Hall–Kier alpha value is -2.15. The topological polar surface area (TPSA) is 87.5 Å². The van der Waals surface area contributed by atoms with Gasteiger partial charge in [-0.1, -0.05) is 37.8 Å². The Morgan fingerprint density at radius 2 is 1.63 bits per heavy atom. The average molecular weight is 419 g/mol. The summed E-state index contributed by atoms with van der Waals surface area (Å²) in [6, 6.07) is 5.73. The third-order valence-electron chi connectivity index (χ3n) is 6.70. The molecule has 1 aromatic rings. The largest absolute Gasteiger partial charge is 0.369 e. The normalized spacial score (nSPS) is 20.3. The van der Waals surface area contributed by atoms with E-state index < -0.39 is 11.8 Å². The predicted octanol–water partition coefficient (Wildman–Crippen LogP) is 2.96. The van der Waals surface area contributed by atoms with E-state index in [9.17, 15) is 14.0 Å². The van der Waals surface area contributed by atoms with Crippen LogP contribution >= 0.6 is 0 Å². The van der Waals surface area contributed by atoms with Crippen molar-refractivity contribution in [2.45, 2.75) is 63.3 Å². The third kappa shape index (κ3) is 6.17. The number of carbonyl (C=O) groups excluding carboxylic acids is 2. The number of amides is 3. The van der Waals surface area contributed by atoms with Gasteiger partial charge in [0.2, 0.25) is 5.91 Å². The zero-order valence-corrected chi connectivity index (χ0v) is 17.8. The second-order valence-corrected chi connectivity index (χ2v) is 8.83. The number of carbonyl (C=O) groups is 2. The van der Waals surface area contributed by atoms with E-state index >= 15 is 0 Å². The summed E-state index contributed by atoms with van der Waals surface area (Å²) in [5.41, 5.74) is 6.39. The molecule has 1 aliphatic heterocycles. The predicted molar refractivity (Wildman–Crippen MR) is 115 cm³/mol. The van der Waals surface area contributed by atoms with Gasteiger partial charge in [-0.2, -0.15) is 0 Å². The Labute approximate surface area is 178 Å². The summed E-state index contributed by atoms with van der Waals surface area (Å²) >= 11 is 0. The maximum Gasteiger partial charge on any atom is 0.314 e. The van der Waals surface area contributed by atoms with Crippen molar-refractivity contribution in [2.75, 3.05) is 26.2 Å². The maximum atomic E-state index is 13.1. The quantitative estimate of drug-likeness (QED) is 0.607. The van der Waals surface area contributed by atoms with Crippen molar-refractivity contribution in [3.05, 3.63) is 35.6 Å². The van der Waals surface area contributed by atoms with E-state index in [4.69, 9.17) is 5.73 Å². The molecule has 1 saturated heterocycles. The summed E-state index contributed by atoms with van der Waals surface area (Å²) in [5, 5.41) is 5.87. The average Bonchev–Trinajstić information content (AvgIpc) is 2.77. The first kappa shape index (κ1) is 22.5. The smallest absolute Gasteiger partial charge is 0.314 e. The van der Waals surface area contributed by atoms with E-state index in [1.807, 2.05) is 0 Å². The van der Waals surface area contributed by atoms with Crippen molar-refractivity contribution in [1.29, 1.82) is 0 Å². The number of nitrogens with two attached hydrogens (primary N) is 1. The zero-order valence-electron chi connectivity index (χ0n) is 17.8. The number of benzene rings is 1. The molecule has 3 amide bonds. The fraction of sp³-hybridized carbons (Fsp3) is 0.652. The Morgan fingerprint density at radius 3 is 2.27 bits per heavy atom. The van der Waals surface area contributed by atoms with Gasteiger partial charge < -0.3 is 16.4 Å². The Bertz CT molecular complexity index is 698. The van der Waals surface area contributed by atoms with E-state index in [-0.39, 0.29) is 23.9 Å². The number of halogens is 1. The van der Waals surface area contributed by atoms with Crippen LogP contribution in [-0.2, 0) is 11.2 Å². The van der Waals surface area contributed by atoms with Crippen LogP contribution in [0.3, 0.4) is 0 Å². The first-order valence-corrected chi connectivity index (χ1v) is 11.3. The van der Waals surface area contributed by atoms with Gasteiger partial charge in [0, 0.05) is 18.6 Å². The molecule has 0 radical (unpaired) electrons. The molecule has 2 fully saturated rings. The van der Waals surface area contributed by atoms with Gasteiger partial charge in [0.25, 0.3) is 0 Å². The number of hydrogen-bond donors (Lipinski definition) is 3. The standard InChI is InChI=1S/C23H35FN4O2/c24-20-9-7-18(8-10-20)15-19(21(25)29)16-26-22(30)27-17-23(11-3-1-4-12-23)28-13-5-2-6-14-28/h7-10,19H,1-6,11-17H2,(H2,25,29)(H2,26,27,30). The zero-order chi connectivity index (χ0) is 21.4. The lowest BCUT2D eigenvalue weighted by atomic mass is 9.79. The highest BCUT2D eigenvalue weighted by Crippen LogP contribution is 2.35. The van der Waals surface area contributed by atoms with Gasteiger partial charge in [0.1, 0.15) is 5.82 Å². The summed E-state index contributed by atoms with van der Waals surface area (Å²) in [6.07, 6.45) is 10.1. The highest BCUT2D eigenvalue weighted by molar-refractivity contribution is 5.79. The highest BCUT2D eigenvalue weighted by atomic mass is 19.1. The molecule has 166 valence electrons. The molecule has 4 N–H and O–H groups in total. The molecule has 1 aromatic carbocycles. The fourth-order valence-corrected chi connectivity index (χ4v) is 4.88. The number of primary amides is 1. The fourth-order valence-electron chi connectivity index (χ4n) is 4.88. The Morgan fingerprint density at radius 1 is 1.00 bits per heavy atom. The number of hydrogen-bond acceptors (Lipinski definition) is 3. The summed E-state index contributed by atoms with van der Waals surface area (Å²) in [6.45, 7) is 3.03. The van der Waals surface area contributed by atoms with Crippen LogP contribution in [0.2, 0.25) is 0 Å². The van der Waals surface area contributed by atoms with Crippen molar-refractivity contribution < 1.29 is 14.0 Å². The molecule has 7 heteroatoms. The molecular weight excluding hydrogens is 383 g/mol. The van der Waals surface area contributed by atoms with Crippen molar-refractivity contribution in [3.8, 4) is 0 Å². The number of likely N-dealkylation sites (tertiary alicyclic amines) is 1. The van der Waals surface area contributed by atoms with Crippen molar-refractivity contribution >= 4 is 11.9 Å². The Kier molecular flexibility index (Phi) is 8.08. The van der Waals surface area contributed by atoms with Crippen LogP contribution in [0.4, 0.5) is 9.18 Å². The van der Waals surface area contributed by atoms with Crippen LogP contribution < -0.4 is 16.4 Å². The molecule has 2 aliphatic rings. The van der Waals surface area contributed by atoms with Crippen LogP contribution in [0.15, 0.2) is 24.3 Å². The minimum absolute atomic E-state index is 0.0627. The van der Waals surface area contributed by atoms with Crippen LogP contribution in [0, 0.1) is 11.7 Å². The molecule has 1 unspecified atom stereocenters. The van der Waals surface area contributed by atoms with Crippen LogP contribution in [-0.4, -0.2) is 48.6 Å². The monoisotopic (exact) mass is 418 g/mol. The minimum atomic E-state index is -0.535. The lowest BCUT2D eigenvalue weighted by Gasteiger charge is -2.48. The molecule has 6 nitrogen and oxygen atoms in total. The molecule has 1 atom stereocenters. The molecule has 0 aromatic heterocycles. The molecule has 1 aliphatic carbocycles. The first-order chi connectivity index (χ1) is 14.5. The number of rotatable bonds is 8. The molecule has 3 rings (SSSR count). The van der Waals surface area contributed by atoms with E-state index in [0.717, 1.165) is 31.5 Å². The van der Waals surface area contributed by atoms with Crippen molar-refractivity contribution in [3.63, 3.8) is 0 Å². The van der Waals surface area contributed by atoms with Crippen LogP contribution in [0.1, 0.15) is 56.9 Å². The maximum absolute atomic E-state index is 13.1. The second kappa shape index (κ2) is 10.8. The van der Waals surface area contributed by atoms with Gasteiger partial charge >= 0.3 is 6.03 Å². The van der Waals surface area contributed by atoms with Crippen molar-refractivity contribution in [2.24, 2.45) is 11.7 Å². The first-order valence-electron chi connectivity index (χ1n) is 11.3. The summed E-state index contributed by atoms with van der Waals surface area (Å²) in [5.74, 6) is -1.33. The van der Waals surface area contributed by atoms with Gasteiger partial charge in [0.15, 0.2) is 0 Å².